The highest BCUT2D eigenvalue weighted by molar-refractivity contribution is 5.19. The van der Waals surface area contributed by atoms with Crippen LogP contribution >= 0.6 is 0 Å². The number of nitrogens with two attached hydrogens (primary N) is 1. The third-order valence-corrected chi connectivity index (χ3v) is 3.75. The summed E-state index contributed by atoms with van der Waals surface area (Å²) in [5.41, 5.74) is 7.95. The number of aliphatic hydroxyl groups is 1. The molecular formula is C14H23N3O. The van der Waals surface area contributed by atoms with Crippen molar-refractivity contribution in [3.8, 4) is 0 Å². The van der Waals surface area contributed by atoms with Gasteiger partial charge in [0.15, 0.2) is 0 Å². The van der Waals surface area contributed by atoms with Gasteiger partial charge in [-0.3, -0.25) is 9.88 Å². The van der Waals surface area contributed by atoms with Crippen LogP contribution in [-0.2, 0) is 13.1 Å². The second-order valence-electron chi connectivity index (χ2n) is 4.95. The maximum atomic E-state index is 9.00. The third kappa shape index (κ3) is 3.28. The standard InChI is InChI=1S/C14H23N3O/c15-10-14-12(4-2-7-16-14)11-17(8-3-9-18)13-5-1-6-13/h2,4,7,13,18H,1,3,5-6,8-11,15H2. The summed E-state index contributed by atoms with van der Waals surface area (Å²) in [4.78, 5) is 6.80. The first-order valence-corrected chi connectivity index (χ1v) is 6.83. The minimum Gasteiger partial charge on any atom is -0.396 e. The molecule has 1 saturated carbocycles. The fourth-order valence-corrected chi connectivity index (χ4v) is 2.43. The Morgan fingerprint density at radius 2 is 2.28 bits per heavy atom. The molecule has 1 aromatic heterocycles. The van der Waals surface area contributed by atoms with E-state index in [-0.39, 0.29) is 6.61 Å². The number of aromatic nitrogens is 1. The van der Waals surface area contributed by atoms with Gasteiger partial charge in [-0.2, -0.15) is 0 Å². The first kappa shape index (κ1) is 13.5. The summed E-state index contributed by atoms with van der Waals surface area (Å²) in [6.07, 6.45) is 6.53. The molecule has 0 unspecified atom stereocenters. The van der Waals surface area contributed by atoms with E-state index < -0.39 is 0 Å². The zero-order valence-electron chi connectivity index (χ0n) is 10.9. The summed E-state index contributed by atoms with van der Waals surface area (Å²) in [6, 6.07) is 4.77. The van der Waals surface area contributed by atoms with Gasteiger partial charge in [-0.1, -0.05) is 12.5 Å². The molecule has 0 aliphatic heterocycles. The Morgan fingerprint density at radius 1 is 1.44 bits per heavy atom. The number of pyridine rings is 1. The summed E-state index contributed by atoms with van der Waals surface area (Å²) in [5, 5.41) is 9.00. The minimum absolute atomic E-state index is 0.264. The Labute approximate surface area is 109 Å². The van der Waals surface area contributed by atoms with E-state index in [9.17, 15) is 0 Å². The van der Waals surface area contributed by atoms with Gasteiger partial charge in [-0.15, -0.1) is 0 Å². The van der Waals surface area contributed by atoms with Crippen molar-refractivity contribution in [3.63, 3.8) is 0 Å². The highest BCUT2D eigenvalue weighted by atomic mass is 16.3. The molecule has 2 rings (SSSR count). The maximum absolute atomic E-state index is 9.00. The number of nitrogens with zero attached hydrogens (tertiary/aromatic N) is 2. The Hall–Kier alpha value is -0.970. The van der Waals surface area contributed by atoms with Crippen molar-refractivity contribution in [2.75, 3.05) is 13.2 Å². The quantitative estimate of drug-likeness (QED) is 0.764. The smallest absolute Gasteiger partial charge is 0.0584 e. The van der Waals surface area contributed by atoms with Crippen LogP contribution in [0.2, 0.25) is 0 Å². The predicted molar refractivity (Wildman–Crippen MR) is 71.9 cm³/mol. The van der Waals surface area contributed by atoms with Gasteiger partial charge in [-0.25, -0.2) is 0 Å². The van der Waals surface area contributed by atoms with E-state index in [4.69, 9.17) is 10.8 Å². The van der Waals surface area contributed by atoms with Crippen molar-refractivity contribution in [2.45, 2.75) is 44.8 Å². The number of hydrogen-bond donors (Lipinski definition) is 2. The molecule has 1 aliphatic carbocycles. The number of rotatable bonds is 7. The second kappa shape index (κ2) is 6.83. The molecule has 4 nitrogen and oxygen atoms in total. The van der Waals surface area contributed by atoms with Crippen LogP contribution in [0.4, 0.5) is 0 Å². The van der Waals surface area contributed by atoms with Gasteiger partial charge < -0.3 is 10.8 Å². The second-order valence-corrected chi connectivity index (χ2v) is 4.95. The van der Waals surface area contributed by atoms with E-state index in [1.807, 2.05) is 6.07 Å². The Balaban J connectivity index is 2.02. The molecule has 1 aromatic rings. The van der Waals surface area contributed by atoms with Crippen LogP contribution in [0.3, 0.4) is 0 Å². The molecule has 18 heavy (non-hydrogen) atoms. The lowest BCUT2D eigenvalue weighted by atomic mass is 9.91. The third-order valence-electron chi connectivity index (χ3n) is 3.75. The van der Waals surface area contributed by atoms with Gasteiger partial charge in [-0.05, 0) is 30.9 Å². The molecule has 0 bridgehead atoms. The lowest BCUT2D eigenvalue weighted by Crippen LogP contribution is -2.40. The van der Waals surface area contributed by atoms with Gasteiger partial charge in [0.2, 0.25) is 0 Å². The van der Waals surface area contributed by atoms with Crippen molar-refractivity contribution in [3.05, 3.63) is 29.6 Å². The molecular weight excluding hydrogens is 226 g/mol. The van der Waals surface area contributed by atoms with E-state index in [0.29, 0.717) is 12.6 Å². The number of aliphatic hydroxyl groups excluding tert-OH is 1. The zero-order valence-corrected chi connectivity index (χ0v) is 10.9. The summed E-state index contributed by atoms with van der Waals surface area (Å²) >= 11 is 0. The molecule has 1 fully saturated rings. The van der Waals surface area contributed by atoms with E-state index in [2.05, 4.69) is 16.0 Å². The zero-order chi connectivity index (χ0) is 12.8. The maximum Gasteiger partial charge on any atom is 0.0584 e. The van der Waals surface area contributed by atoms with Crippen molar-refractivity contribution in [1.29, 1.82) is 0 Å². The summed E-state index contributed by atoms with van der Waals surface area (Å²) in [6.45, 7) is 2.62. The molecule has 4 heteroatoms. The van der Waals surface area contributed by atoms with Crippen molar-refractivity contribution >= 4 is 0 Å². The normalized spacial score (nSPS) is 15.9. The van der Waals surface area contributed by atoms with E-state index in [1.165, 1.54) is 24.8 Å². The lowest BCUT2D eigenvalue weighted by Gasteiger charge is -2.37. The van der Waals surface area contributed by atoms with Gasteiger partial charge in [0.1, 0.15) is 0 Å². The van der Waals surface area contributed by atoms with Crippen LogP contribution < -0.4 is 5.73 Å². The molecule has 3 N–H and O–H groups in total. The fraction of sp³-hybridized carbons (Fsp3) is 0.643. The largest absolute Gasteiger partial charge is 0.396 e. The highest BCUT2D eigenvalue weighted by Crippen LogP contribution is 2.26. The Bertz CT molecular complexity index is 366. The Morgan fingerprint density at radius 3 is 2.89 bits per heavy atom. The fourth-order valence-electron chi connectivity index (χ4n) is 2.43. The van der Waals surface area contributed by atoms with Crippen molar-refractivity contribution in [1.82, 2.24) is 9.88 Å². The van der Waals surface area contributed by atoms with E-state index in [0.717, 1.165) is 25.2 Å². The first-order chi connectivity index (χ1) is 8.85. The van der Waals surface area contributed by atoms with E-state index >= 15 is 0 Å². The average Bonchev–Trinajstić information content (AvgIpc) is 2.34. The van der Waals surface area contributed by atoms with Gasteiger partial charge in [0.05, 0.1) is 5.69 Å². The average molecular weight is 249 g/mol. The molecule has 0 atom stereocenters. The van der Waals surface area contributed by atoms with Crippen LogP contribution in [0.5, 0.6) is 0 Å². The molecule has 1 aliphatic rings. The molecule has 0 aromatic carbocycles. The van der Waals surface area contributed by atoms with Crippen molar-refractivity contribution in [2.24, 2.45) is 5.73 Å². The van der Waals surface area contributed by atoms with Crippen LogP contribution in [-0.4, -0.2) is 34.2 Å². The summed E-state index contributed by atoms with van der Waals surface area (Å²) in [5.74, 6) is 0. The monoisotopic (exact) mass is 249 g/mol. The summed E-state index contributed by atoms with van der Waals surface area (Å²) < 4.78 is 0. The molecule has 0 spiro atoms. The van der Waals surface area contributed by atoms with Gasteiger partial charge in [0, 0.05) is 38.5 Å². The molecule has 0 amide bonds. The molecule has 0 saturated heterocycles. The SMILES string of the molecule is NCc1ncccc1CN(CCCO)C1CCC1. The molecule has 100 valence electrons. The highest BCUT2D eigenvalue weighted by Gasteiger charge is 2.24. The predicted octanol–water partition coefficient (Wildman–Crippen LogP) is 1.28. The topological polar surface area (TPSA) is 62.4 Å². The van der Waals surface area contributed by atoms with Crippen LogP contribution in [0.15, 0.2) is 18.3 Å². The van der Waals surface area contributed by atoms with Crippen LogP contribution in [0.1, 0.15) is 36.9 Å². The van der Waals surface area contributed by atoms with Gasteiger partial charge >= 0.3 is 0 Å². The molecule has 1 heterocycles. The minimum atomic E-state index is 0.264. The molecule has 0 radical (unpaired) electrons. The van der Waals surface area contributed by atoms with Crippen LogP contribution in [0, 0.1) is 0 Å². The lowest BCUT2D eigenvalue weighted by molar-refractivity contribution is 0.109. The summed E-state index contributed by atoms with van der Waals surface area (Å²) in [7, 11) is 0. The number of hydrogen-bond acceptors (Lipinski definition) is 4. The van der Waals surface area contributed by atoms with Crippen LogP contribution in [0.25, 0.3) is 0 Å². The van der Waals surface area contributed by atoms with Gasteiger partial charge in [0.25, 0.3) is 0 Å². The first-order valence-electron chi connectivity index (χ1n) is 6.83. The van der Waals surface area contributed by atoms with E-state index in [1.54, 1.807) is 6.20 Å². The van der Waals surface area contributed by atoms with Crippen molar-refractivity contribution < 1.29 is 5.11 Å². The Kier molecular flexibility index (Phi) is 5.11.